The summed E-state index contributed by atoms with van der Waals surface area (Å²) in [6.45, 7) is 0.552. The Balaban J connectivity index is 0.00000182. The molecular formula is C17H23IN6O. The number of aliphatic imine (C=N–C) groups is 1. The maximum Gasteiger partial charge on any atom is 0.191 e. The van der Waals surface area contributed by atoms with E-state index in [9.17, 15) is 0 Å². The molecule has 4 rings (SSSR count). The first-order valence-corrected chi connectivity index (χ1v) is 8.40. The SMILES string of the molecule is CN=C(NCc1nncn1-c1ccccc1)NC1CC2CCC1O2.I. The third-order valence-corrected chi connectivity index (χ3v) is 4.72. The summed E-state index contributed by atoms with van der Waals surface area (Å²) < 4.78 is 7.86. The summed E-state index contributed by atoms with van der Waals surface area (Å²) in [7, 11) is 1.78. The summed E-state index contributed by atoms with van der Waals surface area (Å²) in [4.78, 5) is 4.32. The van der Waals surface area contributed by atoms with Crippen molar-refractivity contribution in [3.8, 4) is 5.69 Å². The van der Waals surface area contributed by atoms with Gasteiger partial charge in [0.1, 0.15) is 6.33 Å². The van der Waals surface area contributed by atoms with Gasteiger partial charge in [-0.1, -0.05) is 18.2 Å². The molecule has 0 spiro atoms. The zero-order valence-corrected chi connectivity index (χ0v) is 16.5. The number of guanidine groups is 1. The van der Waals surface area contributed by atoms with Crippen molar-refractivity contribution in [1.29, 1.82) is 0 Å². The summed E-state index contributed by atoms with van der Waals surface area (Å²) in [6, 6.07) is 10.4. The van der Waals surface area contributed by atoms with Gasteiger partial charge in [-0.05, 0) is 31.4 Å². The smallest absolute Gasteiger partial charge is 0.191 e. The first-order valence-electron chi connectivity index (χ1n) is 8.40. The fraction of sp³-hybridized carbons (Fsp3) is 0.471. The molecule has 8 heteroatoms. The molecule has 1 aromatic heterocycles. The van der Waals surface area contributed by atoms with Crippen LogP contribution in [0.1, 0.15) is 25.1 Å². The molecule has 2 aliphatic rings. The van der Waals surface area contributed by atoms with E-state index in [-0.39, 0.29) is 24.0 Å². The van der Waals surface area contributed by atoms with Crippen LogP contribution in [0.15, 0.2) is 41.7 Å². The van der Waals surface area contributed by atoms with Crippen molar-refractivity contribution in [2.24, 2.45) is 4.99 Å². The third-order valence-electron chi connectivity index (χ3n) is 4.72. The molecule has 0 saturated carbocycles. The lowest BCUT2D eigenvalue weighted by molar-refractivity contribution is 0.0992. The molecule has 7 nitrogen and oxygen atoms in total. The van der Waals surface area contributed by atoms with Crippen LogP contribution >= 0.6 is 24.0 Å². The lowest BCUT2D eigenvalue weighted by Gasteiger charge is -2.22. The van der Waals surface area contributed by atoms with Crippen LogP contribution in [-0.2, 0) is 11.3 Å². The molecule has 25 heavy (non-hydrogen) atoms. The summed E-state index contributed by atoms with van der Waals surface area (Å²) in [5.74, 6) is 1.62. The van der Waals surface area contributed by atoms with Crippen molar-refractivity contribution in [3.63, 3.8) is 0 Å². The van der Waals surface area contributed by atoms with Crippen LogP contribution in [0.3, 0.4) is 0 Å². The number of fused-ring (bicyclic) bond motifs is 2. The second-order valence-electron chi connectivity index (χ2n) is 6.24. The largest absolute Gasteiger partial charge is 0.373 e. The van der Waals surface area contributed by atoms with Gasteiger partial charge in [0.2, 0.25) is 0 Å². The van der Waals surface area contributed by atoms with E-state index in [4.69, 9.17) is 4.74 Å². The van der Waals surface area contributed by atoms with E-state index >= 15 is 0 Å². The Labute approximate surface area is 164 Å². The number of ether oxygens (including phenoxy) is 1. The minimum Gasteiger partial charge on any atom is -0.373 e. The molecular weight excluding hydrogens is 431 g/mol. The Kier molecular flexibility index (Phi) is 5.89. The van der Waals surface area contributed by atoms with E-state index in [1.54, 1.807) is 13.4 Å². The predicted octanol–water partition coefficient (Wildman–Crippen LogP) is 1.87. The van der Waals surface area contributed by atoms with Gasteiger partial charge >= 0.3 is 0 Å². The number of aromatic nitrogens is 3. The molecule has 0 amide bonds. The monoisotopic (exact) mass is 454 g/mol. The Morgan fingerprint density at radius 1 is 1.32 bits per heavy atom. The Bertz CT molecular complexity index is 719. The van der Waals surface area contributed by atoms with Crippen LogP contribution in [0, 0.1) is 0 Å². The van der Waals surface area contributed by atoms with Crippen LogP contribution in [0.2, 0.25) is 0 Å². The number of rotatable bonds is 4. The average molecular weight is 454 g/mol. The first kappa shape index (κ1) is 18.1. The molecule has 2 aliphatic heterocycles. The summed E-state index contributed by atoms with van der Waals surface area (Å²) >= 11 is 0. The van der Waals surface area contributed by atoms with Gasteiger partial charge in [0.25, 0.3) is 0 Å². The molecule has 1 aromatic carbocycles. The lowest BCUT2D eigenvalue weighted by Crippen LogP contribution is -2.47. The average Bonchev–Trinajstić information content (AvgIpc) is 3.35. The van der Waals surface area contributed by atoms with Crippen molar-refractivity contribution in [2.45, 2.75) is 44.1 Å². The van der Waals surface area contributed by atoms with Crippen molar-refractivity contribution < 1.29 is 4.74 Å². The third kappa shape index (κ3) is 3.95. The van der Waals surface area contributed by atoms with Gasteiger partial charge < -0.3 is 15.4 Å². The van der Waals surface area contributed by atoms with E-state index in [0.29, 0.717) is 24.8 Å². The van der Waals surface area contributed by atoms with Gasteiger partial charge in [0.15, 0.2) is 11.8 Å². The Morgan fingerprint density at radius 2 is 2.16 bits per heavy atom. The molecule has 2 aromatic rings. The quantitative estimate of drug-likeness (QED) is 0.419. The van der Waals surface area contributed by atoms with E-state index in [2.05, 4.69) is 25.8 Å². The van der Waals surface area contributed by atoms with Gasteiger partial charge in [-0.2, -0.15) is 0 Å². The molecule has 3 unspecified atom stereocenters. The number of hydrogen-bond acceptors (Lipinski definition) is 4. The van der Waals surface area contributed by atoms with Gasteiger partial charge in [0.05, 0.1) is 24.8 Å². The lowest BCUT2D eigenvalue weighted by atomic mass is 9.96. The number of halogens is 1. The number of para-hydroxylation sites is 1. The predicted molar refractivity (Wildman–Crippen MR) is 106 cm³/mol. The van der Waals surface area contributed by atoms with Crippen molar-refractivity contribution in [1.82, 2.24) is 25.4 Å². The van der Waals surface area contributed by atoms with E-state index in [0.717, 1.165) is 30.3 Å². The number of nitrogens with one attached hydrogen (secondary N) is 2. The second-order valence-corrected chi connectivity index (χ2v) is 6.24. The van der Waals surface area contributed by atoms with Crippen LogP contribution in [0.5, 0.6) is 0 Å². The second kappa shape index (κ2) is 8.13. The summed E-state index contributed by atoms with van der Waals surface area (Å²) in [6.07, 6.45) is 5.86. The summed E-state index contributed by atoms with van der Waals surface area (Å²) in [5.41, 5.74) is 1.05. The fourth-order valence-electron chi connectivity index (χ4n) is 3.51. The molecule has 3 atom stereocenters. The van der Waals surface area contributed by atoms with Crippen LogP contribution in [0.25, 0.3) is 5.69 Å². The van der Waals surface area contributed by atoms with Crippen LogP contribution in [-0.4, -0.2) is 46.0 Å². The Hall–Kier alpha value is -1.68. The molecule has 0 aliphatic carbocycles. The standard InChI is InChI=1S/C17H22N6O.HI/c1-18-17(21-14-9-13-7-8-15(14)24-13)19-10-16-22-20-11-23(16)12-5-3-2-4-6-12;/h2-6,11,13-15H,7-10H2,1H3,(H2,18,19,21);1H. The zero-order valence-electron chi connectivity index (χ0n) is 14.1. The van der Waals surface area contributed by atoms with E-state index in [1.807, 2.05) is 34.9 Å². The highest BCUT2D eigenvalue weighted by Crippen LogP contribution is 2.34. The van der Waals surface area contributed by atoms with E-state index < -0.39 is 0 Å². The number of benzene rings is 1. The molecule has 2 N–H and O–H groups in total. The van der Waals surface area contributed by atoms with Gasteiger partial charge in [-0.3, -0.25) is 9.56 Å². The first-order chi connectivity index (χ1) is 11.8. The highest BCUT2D eigenvalue weighted by molar-refractivity contribution is 14.0. The van der Waals surface area contributed by atoms with Gasteiger partial charge in [-0.25, -0.2) is 0 Å². The maximum absolute atomic E-state index is 5.89. The minimum absolute atomic E-state index is 0. The molecule has 2 saturated heterocycles. The fourth-order valence-corrected chi connectivity index (χ4v) is 3.51. The molecule has 3 heterocycles. The van der Waals surface area contributed by atoms with Gasteiger partial charge in [-0.15, -0.1) is 34.2 Å². The molecule has 0 radical (unpaired) electrons. The highest BCUT2D eigenvalue weighted by atomic mass is 127. The molecule has 2 bridgehead atoms. The zero-order chi connectivity index (χ0) is 16.4. The number of hydrogen-bond donors (Lipinski definition) is 2. The van der Waals surface area contributed by atoms with Gasteiger partial charge in [0, 0.05) is 12.7 Å². The highest BCUT2D eigenvalue weighted by Gasteiger charge is 2.41. The van der Waals surface area contributed by atoms with Crippen molar-refractivity contribution in [2.75, 3.05) is 7.05 Å². The topological polar surface area (TPSA) is 76.4 Å². The van der Waals surface area contributed by atoms with Crippen LogP contribution < -0.4 is 10.6 Å². The van der Waals surface area contributed by atoms with E-state index in [1.165, 1.54) is 6.42 Å². The number of nitrogens with zero attached hydrogens (tertiary/aromatic N) is 4. The Morgan fingerprint density at radius 3 is 2.84 bits per heavy atom. The molecule has 2 fully saturated rings. The molecule has 134 valence electrons. The summed E-state index contributed by atoms with van der Waals surface area (Å²) in [5, 5.41) is 15.0. The van der Waals surface area contributed by atoms with Crippen LogP contribution in [0.4, 0.5) is 0 Å². The normalized spacial score (nSPS) is 24.8. The maximum atomic E-state index is 5.89. The van der Waals surface area contributed by atoms with Crippen molar-refractivity contribution in [3.05, 3.63) is 42.5 Å². The van der Waals surface area contributed by atoms with Crippen molar-refractivity contribution >= 4 is 29.9 Å². The minimum atomic E-state index is 0.